The summed E-state index contributed by atoms with van der Waals surface area (Å²) in [5, 5.41) is 0.785. The second kappa shape index (κ2) is 6.21. The molecule has 1 fully saturated rings. The molecule has 1 aromatic heterocycles. The van der Waals surface area contributed by atoms with Gasteiger partial charge in [-0.15, -0.1) is 0 Å². The SMILES string of the molecule is BrCc1ccc(OCC2CCOCC2)cn1. The number of alkyl halides is 1. The van der Waals surface area contributed by atoms with E-state index in [1.807, 2.05) is 12.1 Å². The van der Waals surface area contributed by atoms with Crippen molar-refractivity contribution in [2.75, 3.05) is 19.8 Å². The minimum atomic E-state index is 0.629. The molecule has 4 heteroatoms. The minimum absolute atomic E-state index is 0.629. The molecule has 0 saturated carbocycles. The molecule has 0 aromatic carbocycles. The van der Waals surface area contributed by atoms with E-state index in [2.05, 4.69) is 20.9 Å². The highest BCUT2D eigenvalue weighted by molar-refractivity contribution is 9.08. The van der Waals surface area contributed by atoms with Gasteiger partial charge in [-0.2, -0.15) is 0 Å². The van der Waals surface area contributed by atoms with Crippen LogP contribution in [0.5, 0.6) is 5.75 Å². The Morgan fingerprint density at radius 2 is 2.19 bits per heavy atom. The van der Waals surface area contributed by atoms with Gasteiger partial charge in [-0.05, 0) is 30.9 Å². The van der Waals surface area contributed by atoms with Gasteiger partial charge in [-0.3, -0.25) is 4.98 Å². The Kier molecular flexibility index (Phi) is 4.60. The Morgan fingerprint density at radius 1 is 1.38 bits per heavy atom. The number of ether oxygens (including phenoxy) is 2. The van der Waals surface area contributed by atoms with Gasteiger partial charge in [0.05, 0.1) is 18.5 Å². The first kappa shape index (κ1) is 11.9. The maximum Gasteiger partial charge on any atom is 0.137 e. The summed E-state index contributed by atoms with van der Waals surface area (Å²) in [5.74, 6) is 1.49. The van der Waals surface area contributed by atoms with Gasteiger partial charge in [0.1, 0.15) is 5.75 Å². The minimum Gasteiger partial charge on any atom is -0.492 e. The number of aromatic nitrogens is 1. The van der Waals surface area contributed by atoms with Crippen LogP contribution < -0.4 is 4.74 Å². The first-order chi connectivity index (χ1) is 7.88. The molecule has 0 radical (unpaired) electrons. The fraction of sp³-hybridized carbons (Fsp3) is 0.583. The van der Waals surface area contributed by atoms with Crippen molar-refractivity contribution < 1.29 is 9.47 Å². The van der Waals surface area contributed by atoms with E-state index in [1.54, 1.807) is 6.20 Å². The van der Waals surface area contributed by atoms with Crippen molar-refractivity contribution in [2.45, 2.75) is 18.2 Å². The van der Waals surface area contributed by atoms with E-state index in [0.29, 0.717) is 5.92 Å². The number of hydrogen-bond acceptors (Lipinski definition) is 3. The van der Waals surface area contributed by atoms with Crippen molar-refractivity contribution >= 4 is 15.9 Å². The molecule has 0 atom stereocenters. The third-order valence-electron chi connectivity index (χ3n) is 2.76. The second-order valence-electron chi connectivity index (χ2n) is 3.99. The third-order valence-corrected chi connectivity index (χ3v) is 3.34. The molecule has 0 amide bonds. The molecule has 0 N–H and O–H groups in total. The predicted octanol–water partition coefficient (Wildman–Crippen LogP) is 2.78. The highest BCUT2D eigenvalue weighted by Crippen LogP contribution is 2.17. The largest absolute Gasteiger partial charge is 0.492 e. The van der Waals surface area contributed by atoms with E-state index < -0.39 is 0 Å². The number of halogens is 1. The lowest BCUT2D eigenvalue weighted by atomic mass is 10.0. The van der Waals surface area contributed by atoms with Crippen LogP contribution in [0.3, 0.4) is 0 Å². The zero-order valence-corrected chi connectivity index (χ0v) is 10.8. The molecule has 1 aliphatic heterocycles. The van der Waals surface area contributed by atoms with Crippen LogP contribution in [0.4, 0.5) is 0 Å². The summed E-state index contributed by atoms with van der Waals surface area (Å²) in [7, 11) is 0. The van der Waals surface area contributed by atoms with E-state index in [-0.39, 0.29) is 0 Å². The molecule has 2 heterocycles. The van der Waals surface area contributed by atoms with Crippen molar-refractivity contribution in [2.24, 2.45) is 5.92 Å². The highest BCUT2D eigenvalue weighted by atomic mass is 79.9. The van der Waals surface area contributed by atoms with Crippen molar-refractivity contribution in [3.8, 4) is 5.75 Å². The Morgan fingerprint density at radius 3 is 2.81 bits per heavy atom. The smallest absolute Gasteiger partial charge is 0.137 e. The topological polar surface area (TPSA) is 31.4 Å². The Labute approximate surface area is 104 Å². The summed E-state index contributed by atoms with van der Waals surface area (Å²) in [5.41, 5.74) is 1.03. The summed E-state index contributed by atoms with van der Waals surface area (Å²) in [6.07, 6.45) is 4.00. The summed E-state index contributed by atoms with van der Waals surface area (Å²) >= 11 is 3.37. The van der Waals surface area contributed by atoms with Gasteiger partial charge in [0, 0.05) is 18.5 Å². The van der Waals surface area contributed by atoms with Gasteiger partial charge in [-0.25, -0.2) is 0 Å². The number of nitrogens with zero attached hydrogens (tertiary/aromatic N) is 1. The van der Waals surface area contributed by atoms with Gasteiger partial charge >= 0.3 is 0 Å². The zero-order chi connectivity index (χ0) is 11.2. The van der Waals surface area contributed by atoms with E-state index in [9.17, 15) is 0 Å². The molecule has 3 nitrogen and oxygen atoms in total. The normalized spacial score (nSPS) is 17.3. The molecular formula is C12H16BrNO2. The molecule has 0 unspecified atom stereocenters. The van der Waals surface area contributed by atoms with Gasteiger partial charge in [0.15, 0.2) is 0 Å². The highest BCUT2D eigenvalue weighted by Gasteiger charge is 2.14. The summed E-state index contributed by atoms with van der Waals surface area (Å²) < 4.78 is 11.0. The van der Waals surface area contributed by atoms with Crippen LogP contribution in [-0.4, -0.2) is 24.8 Å². The van der Waals surface area contributed by atoms with Gasteiger partial charge in [-0.1, -0.05) is 15.9 Å². The van der Waals surface area contributed by atoms with Gasteiger partial charge < -0.3 is 9.47 Å². The first-order valence-corrected chi connectivity index (χ1v) is 6.72. The Bertz CT molecular complexity index is 309. The van der Waals surface area contributed by atoms with Crippen LogP contribution >= 0.6 is 15.9 Å². The molecule has 1 saturated heterocycles. The summed E-state index contributed by atoms with van der Waals surface area (Å²) in [4.78, 5) is 4.26. The van der Waals surface area contributed by atoms with E-state index in [0.717, 1.165) is 49.4 Å². The molecule has 16 heavy (non-hydrogen) atoms. The molecule has 0 aliphatic carbocycles. The lowest BCUT2D eigenvalue weighted by molar-refractivity contribution is 0.0497. The van der Waals surface area contributed by atoms with Crippen LogP contribution in [-0.2, 0) is 10.1 Å². The van der Waals surface area contributed by atoms with Crippen LogP contribution in [0.2, 0.25) is 0 Å². The first-order valence-electron chi connectivity index (χ1n) is 5.60. The Hall–Kier alpha value is -0.610. The van der Waals surface area contributed by atoms with Crippen molar-refractivity contribution in [3.63, 3.8) is 0 Å². The fourth-order valence-electron chi connectivity index (χ4n) is 1.70. The second-order valence-corrected chi connectivity index (χ2v) is 4.55. The van der Waals surface area contributed by atoms with Gasteiger partial charge in [0.2, 0.25) is 0 Å². The maximum atomic E-state index is 5.71. The average Bonchev–Trinajstić information content (AvgIpc) is 2.38. The fourth-order valence-corrected chi connectivity index (χ4v) is 2.03. The summed E-state index contributed by atoms with van der Waals surface area (Å²) in [6.45, 7) is 2.52. The average molecular weight is 286 g/mol. The molecule has 1 aliphatic rings. The van der Waals surface area contributed by atoms with Crippen molar-refractivity contribution in [1.82, 2.24) is 4.98 Å². The van der Waals surface area contributed by atoms with Crippen LogP contribution in [0.15, 0.2) is 18.3 Å². The number of hydrogen-bond donors (Lipinski definition) is 0. The zero-order valence-electron chi connectivity index (χ0n) is 9.19. The summed E-state index contributed by atoms with van der Waals surface area (Å²) in [6, 6.07) is 3.96. The lowest BCUT2D eigenvalue weighted by Gasteiger charge is -2.21. The Balaban J connectivity index is 1.79. The van der Waals surface area contributed by atoms with E-state index >= 15 is 0 Å². The molecule has 1 aromatic rings. The number of pyridine rings is 1. The molecule has 88 valence electrons. The van der Waals surface area contributed by atoms with Crippen LogP contribution in [0.25, 0.3) is 0 Å². The van der Waals surface area contributed by atoms with Crippen molar-refractivity contribution in [3.05, 3.63) is 24.0 Å². The maximum absolute atomic E-state index is 5.71. The van der Waals surface area contributed by atoms with E-state index in [1.165, 1.54) is 0 Å². The molecule has 0 spiro atoms. The van der Waals surface area contributed by atoms with Crippen molar-refractivity contribution in [1.29, 1.82) is 0 Å². The lowest BCUT2D eigenvalue weighted by Crippen LogP contribution is -2.21. The van der Waals surface area contributed by atoms with Gasteiger partial charge in [0.25, 0.3) is 0 Å². The quantitative estimate of drug-likeness (QED) is 0.798. The third kappa shape index (κ3) is 3.46. The molecule has 0 bridgehead atoms. The molecular weight excluding hydrogens is 270 g/mol. The standard InChI is InChI=1S/C12H16BrNO2/c13-7-11-1-2-12(8-14-11)16-9-10-3-5-15-6-4-10/h1-2,8,10H,3-7,9H2. The predicted molar refractivity (Wildman–Crippen MR) is 65.9 cm³/mol. The van der Waals surface area contributed by atoms with Crippen LogP contribution in [0.1, 0.15) is 18.5 Å². The van der Waals surface area contributed by atoms with E-state index in [4.69, 9.17) is 9.47 Å². The number of rotatable bonds is 4. The molecule has 2 rings (SSSR count). The van der Waals surface area contributed by atoms with Crippen LogP contribution in [0, 0.1) is 5.92 Å². The monoisotopic (exact) mass is 285 g/mol.